The second-order valence-electron chi connectivity index (χ2n) is 7.14. The highest BCUT2D eigenvalue weighted by atomic mass is 79.9. The summed E-state index contributed by atoms with van der Waals surface area (Å²) < 4.78 is 1.07. The first-order valence-corrected chi connectivity index (χ1v) is 10.6. The Morgan fingerprint density at radius 1 is 0.929 bits per heavy atom. The number of pyridine rings is 1. The van der Waals surface area contributed by atoms with E-state index in [1.54, 1.807) is 6.20 Å². The van der Waals surface area contributed by atoms with E-state index in [-0.39, 0.29) is 0 Å². The van der Waals surface area contributed by atoms with Crippen molar-refractivity contribution >= 4 is 27.7 Å². The summed E-state index contributed by atoms with van der Waals surface area (Å²) in [5.74, 6) is 1.47. The Hall–Kier alpha value is -2.47. The predicted octanol–water partition coefficient (Wildman–Crippen LogP) is 5.66. The van der Waals surface area contributed by atoms with Crippen LogP contribution in [0.2, 0.25) is 0 Å². The number of hydrogen-bond donors (Lipinski definition) is 2. The molecule has 0 unspecified atom stereocenters. The van der Waals surface area contributed by atoms with E-state index in [0.29, 0.717) is 18.5 Å². The van der Waals surface area contributed by atoms with Crippen LogP contribution in [0, 0.1) is 0 Å². The maximum Gasteiger partial charge on any atom is 0.225 e. The van der Waals surface area contributed by atoms with Gasteiger partial charge in [-0.25, -0.2) is 4.98 Å². The topological polar surface area (TPSA) is 62.7 Å². The Labute approximate surface area is 174 Å². The first-order valence-electron chi connectivity index (χ1n) is 9.81. The first-order chi connectivity index (χ1) is 13.8. The van der Waals surface area contributed by atoms with E-state index in [4.69, 9.17) is 9.97 Å². The molecule has 2 N–H and O–H groups in total. The van der Waals surface area contributed by atoms with Gasteiger partial charge >= 0.3 is 0 Å². The van der Waals surface area contributed by atoms with E-state index in [1.165, 1.54) is 37.7 Å². The highest BCUT2D eigenvalue weighted by molar-refractivity contribution is 9.10. The molecule has 4 rings (SSSR count). The number of nitrogens with zero attached hydrogens (tertiary/aromatic N) is 3. The Balaban J connectivity index is 1.57. The standard InChI is InChI=1S/C22H24BrN5/c23-17-8-6-7-16(13-17)15-25-21-14-20(19-11-4-5-12-24-19)27-22(28-21)26-18-9-2-1-3-10-18/h4-8,11-14,18H,1-3,9-10,15H2,(H2,25,26,27,28). The van der Waals surface area contributed by atoms with Crippen molar-refractivity contribution in [2.75, 3.05) is 10.6 Å². The smallest absolute Gasteiger partial charge is 0.225 e. The Bertz CT molecular complexity index is 910. The molecular formula is C22H24BrN5. The summed E-state index contributed by atoms with van der Waals surface area (Å²) in [6.07, 6.45) is 8.01. The fraction of sp³-hybridized carbons (Fsp3) is 0.318. The minimum atomic E-state index is 0.450. The largest absolute Gasteiger partial charge is 0.366 e. The summed E-state index contributed by atoms with van der Waals surface area (Å²) in [4.78, 5) is 13.9. The van der Waals surface area contributed by atoms with Crippen molar-refractivity contribution in [3.05, 3.63) is 64.8 Å². The Morgan fingerprint density at radius 2 is 1.82 bits per heavy atom. The van der Waals surface area contributed by atoms with Gasteiger partial charge in [0.2, 0.25) is 5.95 Å². The fourth-order valence-electron chi connectivity index (χ4n) is 3.52. The van der Waals surface area contributed by atoms with E-state index in [9.17, 15) is 0 Å². The fourth-order valence-corrected chi connectivity index (χ4v) is 3.96. The van der Waals surface area contributed by atoms with Crippen molar-refractivity contribution in [3.8, 4) is 11.4 Å². The third kappa shape index (κ3) is 5.07. The number of aromatic nitrogens is 3. The van der Waals surface area contributed by atoms with Gasteiger partial charge in [0.25, 0.3) is 0 Å². The van der Waals surface area contributed by atoms with Crippen LogP contribution in [0.1, 0.15) is 37.7 Å². The molecular weight excluding hydrogens is 414 g/mol. The van der Waals surface area contributed by atoms with Gasteiger partial charge < -0.3 is 10.6 Å². The van der Waals surface area contributed by atoms with Crippen LogP contribution in [0.25, 0.3) is 11.4 Å². The highest BCUT2D eigenvalue weighted by Gasteiger charge is 2.15. The molecule has 2 heterocycles. The molecule has 1 aromatic carbocycles. The molecule has 0 bridgehead atoms. The Morgan fingerprint density at radius 3 is 2.61 bits per heavy atom. The van der Waals surface area contributed by atoms with Crippen LogP contribution in [0.4, 0.5) is 11.8 Å². The second-order valence-corrected chi connectivity index (χ2v) is 8.06. The maximum atomic E-state index is 4.73. The zero-order chi connectivity index (χ0) is 19.2. The quantitative estimate of drug-likeness (QED) is 0.520. The molecule has 144 valence electrons. The van der Waals surface area contributed by atoms with E-state index < -0.39 is 0 Å². The van der Waals surface area contributed by atoms with Crippen LogP contribution in [0.5, 0.6) is 0 Å². The van der Waals surface area contributed by atoms with E-state index >= 15 is 0 Å². The number of nitrogens with one attached hydrogen (secondary N) is 2. The average Bonchev–Trinajstić information content (AvgIpc) is 2.74. The number of anilines is 2. The monoisotopic (exact) mass is 437 g/mol. The molecule has 6 heteroatoms. The van der Waals surface area contributed by atoms with Crippen LogP contribution >= 0.6 is 15.9 Å². The molecule has 0 atom stereocenters. The number of benzene rings is 1. The van der Waals surface area contributed by atoms with Gasteiger partial charge in [0.1, 0.15) is 5.82 Å². The van der Waals surface area contributed by atoms with Crippen LogP contribution in [0.15, 0.2) is 59.2 Å². The van der Waals surface area contributed by atoms with Crippen molar-refractivity contribution in [2.24, 2.45) is 0 Å². The van der Waals surface area contributed by atoms with Gasteiger partial charge in [0, 0.05) is 29.3 Å². The summed E-state index contributed by atoms with van der Waals surface area (Å²) in [7, 11) is 0. The predicted molar refractivity (Wildman–Crippen MR) is 117 cm³/mol. The molecule has 1 aliphatic rings. The molecule has 1 fully saturated rings. The van der Waals surface area contributed by atoms with Crippen molar-refractivity contribution in [1.29, 1.82) is 0 Å². The van der Waals surface area contributed by atoms with Crippen molar-refractivity contribution in [3.63, 3.8) is 0 Å². The van der Waals surface area contributed by atoms with Crippen LogP contribution < -0.4 is 10.6 Å². The zero-order valence-electron chi connectivity index (χ0n) is 15.7. The van der Waals surface area contributed by atoms with Crippen LogP contribution in [-0.4, -0.2) is 21.0 Å². The van der Waals surface area contributed by atoms with Gasteiger partial charge in [0.15, 0.2) is 0 Å². The summed E-state index contributed by atoms with van der Waals surface area (Å²) >= 11 is 3.53. The average molecular weight is 438 g/mol. The zero-order valence-corrected chi connectivity index (χ0v) is 17.3. The van der Waals surface area contributed by atoms with Gasteiger partial charge in [-0.2, -0.15) is 4.98 Å². The normalized spacial score (nSPS) is 14.6. The molecule has 0 radical (unpaired) electrons. The maximum absolute atomic E-state index is 4.73. The molecule has 2 aromatic heterocycles. The summed E-state index contributed by atoms with van der Waals surface area (Å²) in [6, 6.07) is 16.6. The van der Waals surface area contributed by atoms with Gasteiger partial charge in [-0.1, -0.05) is 53.4 Å². The molecule has 1 aliphatic carbocycles. The third-order valence-electron chi connectivity index (χ3n) is 4.95. The van der Waals surface area contributed by atoms with Crippen LogP contribution in [-0.2, 0) is 6.54 Å². The molecule has 3 aromatic rings. The number of halogens is 1. The Kier molecular flexibility index (Phi) is 6.17. The van der Waals surface area contributed by atoms with Gasteiger partial charge in [-0.15, -0.1) is 0 Å². The number of hydrogen-bond acceptors (Lipinski definition) is 5. The van der Waals surface area contributed by atoms with Crippen molar-refractivity contribution in [2.45, 2.75) is 44.7 Å². The SMILES string of the molecule is Brc1cccc(CNc2cc(-c3ccccn3)nc(NC3CCCCC3)n2)c1. The summed E-state index contributed by atoms with van der Waals surface area (Å²) in [5, 5.41) is 6.98. The lowest BCUT2D eigenvalue weighted by atomic mass is 9.96. The van der Waals surface area contributed by atoms with Gasteiger partial charge in [-0.3, -0.25) is 4.98 Å². The summed E-state index contributed by atoms with van der Waals surface area (Å²) in [6.45, 7) is 0.695. The molecule has 28 heavy (non-hydrogen) atoms. The molecule has 0 aliphatic heterocycles. The van der Waals surface area contributed by atoms with E-state index in [1.807, 2.05) is 36.4 Å². The van der Waals surface area contributed by atoms with Gasteiger partial charge in [0.05, 0.1) is 11.4 Å². The first kappa shape index (κ1) is 18.9. The minimum absolute atomic E-state index is 0.450. The minimum Gasteiger partial charge on any atom is -0.366 e. The second kappa shape index (κ2) is 9.15. The van der Waals surface area contributed by atoms with E-state index in [0.717, 1.165) is 21.7 Å². The summed E-state index contributed by atoms with van der Waals surface area (Å²) in [5.41, 5.74) is 2.86. The molecule has 0 spiro atoms. The molecule has 5 nitrogen and oxygen atoms in total. The van der Waals surface area contributed by atoms with Gasteiger partial charge in [-0.05, 0) is 42.7 Å². The highest BCUT2D eigenvalue weighted by Crippen LogP contribution is 2.24. The van der Waals surface area contributed by atoms with Crippen molar-refractivity contribution < 1.29 is 0 Å². The molecule has 0 amide bonds. The lowest BCUT2D eigenvalue weighted by molar-refractivity contribution is 0.461. The lowest BCUT2D eigenvalue weighted by Crippen LogP contribution is -2.23. The lowest BCUT2D eigenvalue weighted by Gasteiger charge is -2.23. The molecule has 1 saturated carbocycles. The third-order valence-corrected chi connectivity index (χ3v) is 5.45. The molecule has 0 saturated heterocycles. The van der Waals surface area contributed by atoms with E-state index in [2.05, 4.69) is 43.7 Å². The number of rotatable bonds is 6. The van der Waals surface area contributed by atoms with Crippen molar-refractivity contribution in [1.82, 2.24) is 15.0 Å². The van der Waals surface area contributed by atoms with Crippen LogP contribution in [0.3, 0.4) is 0 Å².